The van der Waals surface area contributed by atoms with Crippen molar-refractivity contribution in [1.82, 2.24) is 9.80 Å². The fourth-order valence-electron chi connectivity index (χ4n) is 4.63. The number of ether oxygens (including phenoxy) is 1. The van der Waals surface area contributed by atoms with Crippen molar-refractivity contribution in [2.45, 2.75) is 44.3 Å². The zero-order valence-electron chi connectivity index (χ0n) is 18.8. The van der Waals surface area contributed by atoms with Crippen LogP contribution in [-0.4, -0.2) is 59.6 Å². The molecule has 0 spiro atoms. The maximum Gasteiger partial charge on any atom is 0.322 e. The number of carbonyl (C=O) groups is 2. The summed E-state index contributed by atoms with van der Waals surface area (Å²) in [7, 11) is 0. The molecule has 182 valence electrons. The van der Waals surface area contributed by atoms with Crippen LogP contribution in [0.1, 0.15) is 25.3 Å². The number of piperazine rings is 1. The first-order valence-electron chi connectivity index (χ1n) is 11.2. The molecule has 0 aromatic heterocycles. The maximum atomic E-state index is 13.9. The molecule has 34 heavy (non-hydrogen) atoms. The summed E-state index contributed by atoms with van der Waals surface area (Å²) in [6.07, 6.45) is 0.531. The highest BCUT2D eigenvalue weighted by atomic mass is 19.2. The van der Waals surface area contributed by atoms with Crippen LogP contribution in [0.5, 0.6) is 5.75 Å². The maximum absolute atomic E-state index is 13.9. The van der Waals surface area contributed by atoms with Crippen LogP contribution in [0, 0.1) is 17.5 Å². The second kappa shape index (κ2) is 9.92. The van der Waals surface area contributed by atoms with Crippen LogP contribution < -0.4 is 15.8 Å². The zero-order valence-corrected chi connectivity index (χ0v) is 18.8. The molecule has 2 aromatic rings. The molecule has 0 saturated carbocycles. The molecule has 4 rings (SSSR count). The summed E-state index contributed by atoms with van der Waals surface area (Å²) >= 11 is 0. The summed E-state index contributed by atoms with van der Waals surface area (Å²) in [6, 6.07) is 7.16. The summed E-state index contributed by atoms with van der Waals surface area (Å²) in [5.74, 6) is -2.79. The number of halogens is 3. The molecule has 7 nitrogen and oxygen atoms in total. The summed E-state index contributed by atoms with van der Waals surface area (Å²) in [5, 5.41) is 2.87. The van der Waals surface area contributed by atoms with Gasteiger partial charge in [0.25, 0.3) is 0 Å². The largest absolute Gasteiger partial charge is 0.494 e. The van der Waals surface area contributed by atoms with Gasteiger partial charge in [-0.3, -0.25) is 4.79 Å². The van der Waals surface area contributed by atoms with E-state index < -0.39 is 23.5 Å². The summed E-state index contributed by atoms with van der Waals surface area (Å²) in [6.45, 7) is 3.26. The number of fused-ring (bicyclic) bond motifs is 2. The van der Waals surface area contributed by atoms with Gasteiger partial charge in [0.2, 0.25) is 5.91 Å². The molecule has 0 unspecified atom stereocenters. The van der Waals surface area contributed by atoms with Crippen LogP contribution in [0.15, 0.2) is 36.4 Å². The van der Waals surface area contributed by atoms with Crippen molar-refractivity contribution in [3.05, 3.63) is 59.4 Å². The number of likely N-dealkylation sites (tertiary alicyclic amines) is 2. The van der Waals surface area contributed by atoms with Crippen molar-refractivity contribution < 1.29 is 27.5 Å². The third-order valence-corrected chi connectivity index (χ3v) is 6.25. The lowest BCUT2D eigenvalue weighted by molar-refractivity contribution is -0.133. The molecule has 0 aliphatic carbocycles. The van der Waals surface area contributed by atoms with E-state index >= 15 is 0 Å². The Hall–Kier alpha value is -3.27. The number of amides is 3. The van der Waals surface area contributed by atoms with Crippen LogP contribution in [-0.2, 0) is 11.2 Å². The average molecular weight is 476 g/mol. The van der Waals surface area contributed by atoms with Gasteiger partial charge in [0.1, 0.15) is 11.6 Å². The van der Waals surface area contributed by atoms with Gasteiger partial charge in [0.05, 0.1) is 18.7 Å². The smallest absolute Gasteiger partial charge is 0.322 e. The van der Waals surface area contributed by atoms with E-state index in [9.17, 15) is 22.8 Å². The predicted molar refractivity (Wildman–Crippen MR) is 120 cm³/mol. The highest BCUT2D eigenvalue weighted by Gasteiger charge is 2.47. The lowest BCUT2D eigenvalue weighted by Crippen LogP contribution is -2.52. The van der Waals surface area contributed by atoms with Gasteiger partial charge in [0.15, 0.2) is 11.6 Å². The standard InChI is InChI=1S/C24H27F3N4O3/c1-2-34-19-5-3-16(4-6-19)29-24(33)31-13-17-10-18(31)12-30(17)23(32)9-15(28)7-14-8-21(26)22(27)11-20(14)25/h3-6,8,11,15,17-18H,2,7,9-10,12-13,28H2,1H3,(H,29,33)/t15-,17+,18+/m1/s1. The Kier molecular flexibility index (Phi) is 6.97. The highest BCUT2D eigenvalue weighted by Crippen LogP contribution is 2.32. The topological polar surface area (TPSA) is 87.9 Å². The summed E-state index contributed by atoms with van der Waals surface area (Å²) < 4.78 is 45.8. The summed E-state index contributed by atoms with van der Waals surface area (Å²) in [4.78, 5) is 28.9. The number of nitrogens with two attached hydrogens (primary N) is 1. The molecule has 2 fully saturated rings. The Morgan fingerprint density at radius 2 is 1.71 bits per heavy atom. The summed E-state index contributed by atoms with van der Waals surface area (Å²) in [5.41, 5.74) is 6.59. The first kappa shape index (κ1) is 23.9. The Morgan fingerprint density at radius 3 is 2.35 bits per heavy atom. The molecule has 2 bridgehead atoms. The van der Waals surface area contributed by atoms with Gasteiger partial charge in [-0.1, -0.05) is 0 Å². The van der Waals surface area contributed by atoms with E-state index in [2.05, 4.69) is 5.32 Å². The van der Waals surface area contributed by atoms with Gasteiger partial charge in [-0.25, -0.2) is 18.0 Å². The number of carbonyl (C=O) groups excluding carboxylic acids is 2. The molecule has 2 aromatic carbocycles. The van der Waals surface area contributed by atoms with Gasteiger partial charge >= 0.3 is 6.03 Å². The second-order valence-corrected chi connectivity index (χ2v) is 8.66. The fraction of sp³-hybridized carbons (Fsp3) is 0.417. The van der Waals surface area contributed by atoms with Crippen LogP contribution in [0.25, 0.3) is 0 Å². The third kappa shape index (κ3) is 5.11. The van der Waals surface area contributed by atoms with Crippen molar-refractivity contribution in [2.24, 2.45) is 5.73 Å². The van der Waals surface area contributed by atoms with Crippen LogP contribution in [0.2, 0.25) is 0 Å². The minimum absolute atomic E-state index is 0.0555. The molecule has 2 heterocycles. The van der Waals surface area contributed by atoms with E-state index in [-0.39, 0.29) is 42.4 Å². The SMILES string of the molecule is CCOc1ccc(NC(=O)N2C[C@@H]3C[C@H]2CN3C(=O)C[C@H](N)Cc2cc(F)c(F)cc2F)cc1. The number of nitrogens with zero attached hydrogens (tertiary/aromatic N) is 2. The minimum Gasteiger partial charge on any atom is -0.494 e. The minimum atomic E-state index is -1.27. The van der Waals surface area contributed by atoms with Crippen molar-refractivity contribution >= 4 is 17.6 Å². The Balaban J connectivity index is 1.28. The van der Waals surface area contributed by atoms with Gasteiger partial charge < -0.3 is 25.6 Å². The molecule has 0 radical (unpaired) electrons. The van der Waals surface area contributed by atoms with E-state index in [0.717, 1.165) is 11.8 Å². The first-order chi connectivity index (χ1) is 16.2. The number of benzene rings is 2. The van der Waals surface area contributed by atoms with Gasteiger partial charge in [0, 0.05) is 37.3 Å². The lowest BCUT2D eigenvalue weighted by Gasteiger charge is -2.34. The third-order valence-electron chi connectivity index (χ3n) is 6.25. The fourth-order valence-corrected chi connectivity index (χ4v) is 4.63. The molecule has 3 amide bonds. The first-order valence-corrected chi connectivity index (χ1v) is 11.2. The lowest BCUT2D eigenvalue weighted by atomic mass is 10.0. The van der Waals surface area contributed by atoms with Crippen molar-refractivity contribution in [2.75, 3.05) is 25.0 Å². The van der Waals surface area contributed by atoms with E-state index in [4.69, 9.17) is 10.5 Å². The Bertz CT molecular complexity index is 1070. The number of urea groups is 1. The van der Waals surface area contributed by atoms with Crippen molar-refractivity contribution in [3.63, 3.8) is 0 Å². The van der Waals surface area contributed by atoms with Crippen LogP contribution in [0.3, 0.4) is 0 Å². The number of rotatable bonds is 7. The van der Waals surface area contributed by atoms with Crippen molar-refractivity contribution in [1.29, 1.82) is 0 Å². The quantitative estimate of drug-likeness (QED) is 0.601. The van der Waals surface area contributed by atoms with E-state index in [1.807, 2.05) is 6.92 Å². The number of nitrogens with one attached hydrogen (secondary N) is 1. The monoisotopic (exact) mass is 476 g/mol. The van der Waals surface area contributed by atoms with Crippen molar-refractivity contribution in [3.8, 4) is 5.75 Å². The Labute approximate surface area is 195 Å². The number of anilines is 1. The van der Waals surface area contributed by atoms with E-state index in [0.29, 0.717) is 37.9 Å². The molecule has 2 saturated heterocycles. The second-order valence-electron chi connectivity index (χ2n) is 8.66. The molecular formula is C24H27F3N4O3. The van der Waals surface area contributed by atoms with E-state index in [1.165, 1.54) is 0 Å². The van der Waals surface area contributed by atoms with Gasteiger partial charge in [-0.2, -0.15) is 0 Å². The highest BCUT2D eigenvalue weighted by molar-refractivity contribution is 5.90. The average Bonchev–Trinajstić information content (AvgIpc) is 3.40. The molecule has 3 N–H and O–H groups in total. The molecular weight excluding hydrogens is 449 g/mol. The predicted octanol–water partition coefficient (Wildman–Crippen LogP) is 3.28. The molecule has 2 aliphatic heterocycles. The van der Waals surface area contributed by atoms with Gasteiger partial charge in [-0.15, -0.1) is 0 Å². The normalized spacial score (nSPS) is 19.9. The van der Waals surface area contributed by atoms with Crippen LogP contribution in [0.4, 0.5) is 23.7 Å². The molecule has 3 atom stereocenters. The molecule has 10 heteroatoms. The van der Waals surface area contributed by atoms with E-state index in [1.54, 1.807) is 34.1 Å². The number of hydrogen-bond donors (Lipinski definition) is 2. The van der Waals surface area contributed by atoms with Crippen LogP contribution >= 0.6 is 0 Å². The Morgan fingerprint density at radius 1 is 1.06 bits per heavy atom. The molecule has 2 aliphatic rings. The van der Waals surface area contributed by atoms with Gasteiger partial charge in [-0.05, 0) is 55.7 Å². The number of hydrogen-bond acceptors (Lipinski definition) is 4. The zero-order chi connectivity index (χ0) is 24.4.